The first-order valence-corrected chi connectivity index (χ1v) is 10.7. The minimum Gasteiger partial charge on any atom is -0.489 e. The molecule has 4 rings (SSSR count). The fourth-order valence-corrected chi connectivity index (χ4v) is 4.90. The number of pyridine rings is 1. The number of carbonyl (C=O) groups is 1. The van der Waals surface area contributed by atoms with Crippen LogP contribution in [0.15, 0.2) is 24.3 Å². The van der Waals surface area contributed by atoms with Gasteiger partial charge in [0.2, 0.25) is 0 Å². The number of halogens is 1. The van der Waals surface area contributed by atoms with Crippen molar-refractivity contribution in [2.24, 2.45) is 0 Å². The van der Waals surface area contributed by atoms with Crippen molar-refractivity contribution in [3.8, 4) is 5.75 Å². The molecule has 4 heterocycles. The van der Waals surface area contributed by atoms with E-state index in [0.29, 0.717) is 18.8 Å². The number of likely N-dealkylation sites (N-methyl/N-ethyl adjacent to an activating group) is 1. The third-order valence-corrected chi connectivity index (χ3v) is 6.62. The molecule has 29 heavy (non-hydrogen) atoms. The van der Waals surface area contributed by atoms with Crippen molar-refractivity contribution in [1.29, 1.82) is 0 Å². The summed E-state index contributed by atoms with van der Waals surface area (Å²) in [4.78, 5) is 21.9. The molecule has 156 valence electrons. The van der Waals surface area contributed by atoms with Crippen molar-refractivity contribution < 1.29 is 9.53 Å². The lowest BCUT2D eigenvalue weighted by Crippen LogP contribution is -2.56. The molecule has 0 radical (unpaired) electrons. The summed E-state index contributed by atoms with van der Waals surface area (Å²) in [5.41, 5.74) is 2.45. The van der Waals surface area contributed by atoms with Crippen LogP contribution >= 0.6 is 11.6 Å². The van der Waals surface area contributed by atoms with E-state index >= 15 is 0 Å². The van der Waals surface area contributed by atoms with Crippen molar-refractivity contribution in [1.82, 2.24) is 19.4 Å². The Labute approximate surface area is 177 Å². The lowest BCUT2D eigenvalue weighted by Gasteiger charge is -2.50. The van der Waals surface area contributed by atoms with Crippen LogP contribution in [-0.4, -0.2) is 58.0 Å². The molecule has 2 aliphatic rings. The number of hydrogen-bond donors (Lipinski definition) is 0. The van der Waals surface area contributed by atoms with Crippen LogP contribution in [0.3, 0.4) is 0 Å². The Morgan fingerprint density at radius 2 is 1.86 bits per heavy atom. The maximum Gasteiger partial charge on any atom is 0.272 e. The molecule has 1 fully saturated rings. The Bertz CT molecular complexity index is 916. The molecule has 2 aromatic heterocycles. The van der Waals surface area contributed by atoms with Gasteiger partial charge < -0.3 is 14.2 Å². The monoisotopic (exact) mass is 416 g/mol. The van der Waals surface area contributed by atoms with Gasteiger partial charge in [-0.2, -0.15) is 0 Å². The van der Waals surface area contributed by atoms with Crippen LogP contribution < -0.4 is 4.74 Å². The van der Waals surface area contributed by atoms with Crippen molar-refractivity contribution in [3.63, 3.8) is 0 Å². The molecule has 0 N–H and O–H groups in total. The van der Waals surface area contributed by atoms with Crippen molar-refractivity contribution in [3.05, 3.63) is 46.5 Å². The number of fused-ring (bicyclic) bond motifs is 2. The zero-order valence-corrected chi connectivity index (χ0v) is 18.4. The minimum atomic E-state index is -0.0551. The largest absolute Gasteiger partial charge is 0.489 e. The van der Waals surface area contributed by atoms with Crippen molar-refractivity contribution in [2.75, 3.05) is 26.7 Å². The van der Waals surface area contributed by atoms with Crippen LogP contribution in [0.2, 0.25) is 5.15 Å². The van der Waals surface area contributed by atoms with Gasteiger partial charge >= 0.3 is 0 Å². The Balaban J connectivity index is 1.50. The van der Waals surface area contributed by atoms with Gasteiger partial charge in [-0.1, -0.05) is 11.6 Å². The number of carbonyl (C=O) groups excluding carboxylic acids is 1. The maximum atomic E-state index is 13.1. The van der Waals surface area contributed by atoms with E-state index in [1.807, 2.05) is 37.8 Å². The molecule has 0 atom stereocenters. The average molecular weight is 417 g/mol. The highest BCUT2D eigenvalue weighted by atomic mass is 35.5. The standard InChI is InChI=1S/C22H29ClN4O2/c1-15(2)29-18-6-5-17(24-16(18)3)21(28)26-11-9-22(10-12-26)19-7-8-20(23)27(19)14-13-25(22)4/h5-8,15H,9-14H2,1-4H3. The van der Waals surface area contributed by atoms with E-state index in [0.717, 1.165) is 42.5 Å². The third-order valence-electron chi connectivity index (χ3n) is 6.29. The molecule has 0 saturated carbocycles. The van der Waals surface area contributed by atoms with Gasteiger partial charge in [-0.05, 0) is 64.9 Å². The number of nitrogens with zero attached hydrogens (tertiary/aromatic N) is 4. The molecule has 1 saturated heterocycles. The Kier molecular flexibility index (Phi) is 5.34. The maximum absolute atomic E-state index is 13.1. The van der Waals surface area contributed by atoms with E-state index in [1.165, 1.54) is 5.69 Å². The van der Waals surface area contributed by atoms with E-state index in [-0.39, 0.29) is 17.6 Å². The van der Waals surface area contributed by atoms with Gasteiger partial charge in [0.25, 0.3) is 5.91 Å². The number of likely N-dealkylation sites (tertiary alicyclic amines) is 1. The molecule has 7 heteroatoms. The molecule has 1 spiro atoms. The molecule has 0 aliphatic carbocycles. The van der Waals surface area contributed by atoms with Gasteiger partial charge in [0, 0.05) is 31.9 Å². The summed E-state index contributed by atoms with van der Waals surface area (Å²) >= 11 is 6.39. The van der Waals surface area contributed by atoms with Crippen LogP contribution in [-0.2, 0) is 12.1 Å². The Hall–Kier alpha value is -2.05. The van der Waals surface area contributed by atoms with E-state index in [4.69, 9.17) is 16.3 Å². The molecule has 6 nitrogen and oxygen atoms in total. The second-order valence-corrected chi connectivity index (χ2v) is 8.77. The molecule has 0 aromatic carbocycles. The molecule has 2 aromatic rings. The number of rotatable bonds is 3. The summed E-state index contributed by atoms with van der Waals surface area (Å²) in [5, 5.41) is 0.800. The van der Waals surface area contributed by atoms with Gasteiger partial charge in [0.15, 0.2) is 0 Å². The molecule has 2 aliphatic heterocycles. The van der Waals surface area contributed by atoms with Crippen LogP contribution in [0.4, 0.5) is 0 Å². The van der Waals surface area contributed by atoms with E-state index < -0.39 is 0 Å². The molecular weight excluding hydrogens is 388 g/mol. The summed E-state index contributed by atoms with van der Waals surface area (Å²) in [6, 6.07) is 7.76. The van der Waals surface area contributed by atoms with E-state index in [1.54, 1.807) is 6.07 Å². The quantitative estimate of drug-likeness (QED) is 0.765. The number of aromatic nitrogens is 2. The first-order chi connectivity index (χ1) is 13.8. The zero-order valence-electron chi connectivity index (χ0n) is 17.6. The van der Waals surface area contributed by atoms with Crippen LogP contribution in [0.1, 0.15) is 48.6 Å². The van der Waals surface area contributed by atoms with Gasteiger partial charge in [-0.25, -0.2) is 4.98 Å². The number of amides is 1. The highest BCUT2D eigenvalue weighted by Crippen LogP contribution is 2.42. The van der Waals surface area contributed by atoms with Crippen LogP contribution in [0.5, 0.6) is 5.75 Å². The van der Waals surface area contributed by atoms with Gasteiger partial charge in [0.05, 0.1) is 17.3 Å². The average Bonchev–Trinajstić information content (AvgIpc) is 3.08. The summed E-state index contributed by atoms with van der Waals surface area (Å²) in [6.07, 6.45) is 1.86. The topological polar surface area (TPSA) is 50.6 Å². The summed E-state index contributed by atoms with van der Waals surface area (Å²) in [5.74, 6) is 0.724. The lowest BCUT2D eigenvalue weighted by atomic mass is 9.81. The fourth-order valence-electron chi connectivity index (χ4n) is 4.66. The highest BCUT2D eigenvalue weighted by Gasteiger charge is 2.45. The zero-order chi connectivity index (χ0) is 20.8. The first-order valence-electron chi connectivity index (χ1n) is 10.3. The second-order valence-electron chi connectivity index (χ2n) is 8.38. The number of aryl methyl sites for hydroxylation is 1. The second kappa shape index (κ2) is 7.65. The van der Waals surface area contributed by atoms with Crippen LogP contribution in [0.25, 0.3) is 0 Å². The highest BCUT2D eigenvalue weighted by molar-refractivity contribution is 6.29. The van der Waals surface area contributed by atoms with Crippen LogP contribution in [0, 0.1) is 6.92 Å². The Morgan fingerprint density at radius 1 is 1.14 bits per heavy atom. The normalized spacial score (nSPS) is 18.9. The lowest BCUT2D eigenvalue weighted by molar-refractivity contribution is 0.0129. The van der Waals surface area contributed by atoms with Gasteiger partial charge in [-0.15, -0.1) is 0 Å². The number of piperidine rings is 1. The van der Waals surface area contributed by atoms with Crippen molar-refractivity contribution >= 4 is 17.5 Å². The molecule has 0 unspecified atom stereocenters. The fraction of sp³-hybridized carbons (Fsp3) is 0.545. The van der Waals surface area contributed by atoms with Gasteiger partial charge in [-0.3, -0.25) is 9.69 Å². The predicted octanol–water partition coefficient (Wildman–Crippen LogP) is 3.71. The number of ether oxygens (including phenoxy) is 1. The minimum absolute atomic E-state index is 0.00840. The summed E-state index contributed by atoms with van der Waals surface area (Å²) in [7, 11) is 2.18. The summed E-state index contributed by atoms with van der Waals surface area (Å²) in [6.45, 7) is 9.13. The predicted molar refractivity (Wildman–Crippen MR) is 114 cm³/mol. The smallest absolute Gasteiger partial charge is 0.272 e. The number of hydrogen-bond acceptors (Lipinski definition) is 4. The first kappa shape index (κ1) is 20.2. The SMILES string of the molecule is Cc1nc(C(=O)N2CCC3(CC2)c2ccc(Cl)n2CCN3C)ccc1OC(C)C. The summed E-state index contributed by atoms with van der Waals surface area (Å²) < 4.78 is 7.96. The van der Waals surface area contributed by atoms with E-state index in [9.17, 15) is 4.79 Å². The van der Waals surface area contributed by atoms with E-state index in [2.05, 4.69) is 27.6 Å². The molecular formula is C22H29ClN4O2. The van der Waals surface area contributed by atoms with Crippen molar-refractivity contribution in [2.45, 2.75) is 51.8 Å². The Morgan fingerprint density at radius 3 is 2.52 bits per heavy atom. The molecule has 0 bridgehead atoms. The third kappa shape index (κ3) is 3.53. The van der Waals surface area contributed by atoms with Gasteiger partial charge in [0.1, 0.15) is 16.6 Å². The molecule has 1 amide bonds.